The first-order valence-corrected chi connectivity index (χ1v) is 7.73. The van der Waals surface area contributed by atoms with E-state index in [2.05, 4.69) is 32.7 Å². The maximum Gasteiger partial charge on any atom is 0.306 e. The third kappa shape index (κ3) is 4.02. The SMILES string of the molecule is CCn1nc(C)c(Br)c1CSC(C)CC(=O)OC. The summed E-state index contributed by atoms with van der Waals surface area (Å²) in [5.41, 5.74) is 2.18. The molecule has 1 aromatic heterocycles. The number of rotatable bonds is 6. The number of hydrogen-bond acceptors (Lipinski definition) is 4. The lowest BCUT2D eigenvalue weighted by atomic mass is 10.3. The standard InChI is InChI=1S/C12H19BrN2O2S/c1-5-15-10(12(13)9(3)14-15)7-18-8(2)6-11(16)17-4/h8H,5-7H2,1-4H3. The summed E-state index contributed by atoms with van der Waals surface area (Å²) in [6.07, 6.45) is 0.442. The van der Waals surface area contributed by atoms with E-state index >= 15 is 0 Å². The van der Waals surface area contributed by atoms with Gasteiger partial charge in [0.25, 0.3) is 0 Å². The zero-order valence-electron chi connectivity index (χ0n) is 11.2. The van der Waals surface area contributed by atoms with Gasteiger partial charge in [0.05, 0.1) is 29.4 Å². The van der Waals surface area contributed by atoms with Gasteiger partial charge in [0.2, 0.25) is 0 Å². The van der Waals surface area contributed by atoms with Gasteiger partial charge in [-0.3, -0.25) is 9.48 Å². The average molecular weight is 335 g/mol. The fraction of sp³-hybridized carbons (Fsp3) is 0.667. The van der Waals surface area contributed by atoms with Crippen LogP contribution in [0, 0.1) is 6.92 Å². The molecule has 1 atom stereocenters. The number of thioether (sulfide) groups is 1. The molecule has 102 valence electrons. The van der Waals surface area contributed by atoms with Gasteiger partial charge in [-0.05, 0) is 29.8 Å². The van der Waals surface area contributed by atoms with Gasteiger partial charge in [-0.25, -0.2) is 0 Å². The molecule has 0 bridgehead atoms. The Balaban J connectivity index is 2.60. The number of hydrogen-bond donors (Lipinski definition) is 0. The highest BCUT2D eigenvalue weighted by Gasteiger charge is 2.15. The van der Waals surface area contributed by atoms with Gasteiger partial charge in [0, 0.05) is 17.5 Å². The van der Waals surface area contributed by atoms with E-state index in [4.69, 9.17) is 0 Å². The minimum Gasteiger partial charge on any atom is -0.469 e. The maximum absolute atomic E-state index is 11.2. The summed E-state index contributed by atoms with van der Waals surface area (Å²) in [5, 5.41) is 4.69. The molecule has 0 amide bonds. The molecule has 1 unspecified atom stereocenters. The van der Waals surface area contributed by atoms with Crippen LogP contribution in [0.5, 0.6) is 0 Å². The van der Waals surface area contributed by atoms with Crippen molar-refractivity contribution in [1.29, 1.82) is 0 Å². The van der Waals surface area contributed by atoms with Crippen LogP contribution in [0.25, 0.3) is 0 Å². The largest absolute Gasteiger partial charge is 0.469 e. The Hall–Kier alpha value is -0.490. The predicted molar refractivity (Wildman–Crippen MR) is 77.7 cm³/mol. The number of ether oxygens (including phenoxy) is 1. The first-order chi connectivity index (χ1) is 8.49. The molecule has 0 aliphatic carbocycles. The van der Waals surface area contributed by atoms with Crippen LogP contribution in [0.15, 0.2) is 4.47 Å². The van der Waals surface area contributed by atoms with Crippen LogP contribution in [0.3, 0.4) is 0 Å². The number of aromatic nitrogens is 2. The van der Waals surface area contributed by atoms with Crippen LogP contribution in [-0.2, 0) is 21.8 Å². The molecule has 0 aliphatic heterocycles. The Labute approximate surface area is 121 Å². The second kappa shape index (κ2) is 7.19. The molecule has 0 N–H and O–H groups in total. The lowest BCUT2D eigenvalue weighted by Gasteiger charge is -2.11. The van der Waals surface area contributed by atoms with Crippen LogP contribution in [0.4, 0.5) is 0 Å². The molecule has 18 heavy (non-hydrogen) atoms. The topological polar surface area (TPSA) is 44.1 Å². The minimum absolute atomic E-state index is 0.158. The number of carbonyl (C=O) groups is 1. The molecule has 0 saturated carbocycles. The van der Waals surface area contributed by atoms with Crippen LogP contribution < -0.4 is 0 Å². The van der Waals surface area contributed by atoms with E-state index in [1.165, 1.54) is 12.8 Å². The summed E-state index contributed by atoms with van der Waals surface area (Å²) in [6.45, 7) is 6.95. The fourth-order valence-corrected chi connectivity index (χ4v) is 3.20. The zero-order valence-corrected chi connectivity index (χ0v) is 13.6. The van der Waals surface area contributed by atoms with Crippen molar-refractivity contribution in [3.05, 3.63) is 15.9 Å². The first kappa shape index (κ1) is 15.6. The zero-order chi connectivity index (χ0) is 13.7. The van der Waals surface area contributed by atoms with Crippen LogP contribution >= 0.6 is 27.7 Å². The van der Waals surface area contributed by atoms with Gasteiger partial charge >= 0.3 is 5.97 Å². The molecule has 0 spiro atoms. The molecule has 0 aromatic carbocycles. The van der Waals surface area contributed by atoms with Crippen LogP contribution in [-0.4, -0.2) is 28.1 Å². The average Bonchev–Trinajstić information content (AvgIpc) is 2.62. The first-order valence-electron chi connectivity index (χ1n) is 5.89. The van der Waals surface area contributed by atoms with Crippen molar-refractivity contribution >= 4 is 33.7 Å². The molecule has 6 heteroatoms. The maximum atomic E-state index is 11.2. The second-order valence-corrected chi connectivity index (χ2v) is 6.28. The quantitative estimate of drug-likeness (QED) is 0.749. The predicted octanol–water partition coefficient (Wildman–Crippen LogP) is 3.16. The molecule has 1 aromatic rings. The Morgan fingerprint density at radius 1 is 1.61 bits per heavy atom. The molecule has 1 heterocycles. The van der Waals surface area contributed by atoms with Crippen molar-refractivity contribution in [2.75, 3.05) is 7.11 Å². The van der Waals surface area contributed by atoms with Gasteiger partial charge in [0.1, 0.15) is 0 Å². The Morgan fingerprint density at radius 2 is 2.28 bits per heavy atom. The third-order valence-electron chi connectivity index (χ3n) is 2.64. The Morgan fingerprint density at radius 3 is 2.83 bits per heavy atom. The number of halogens is 1. The lowest BCUT2D eigenvalue weighted by molar-refractivity contribution is -0.140. The number of aryl methyl sites for hydroxylation is 2. The molecule has 0 radical (unpaired) electrons. The van der Waals surface area contributed by atoms with Crippen LogP contribution in [0.2, 0.25) is 0 Å². The van der Waals surface area contributed by atoms with Gasteiger partial charge in [-0.1, -0.05) is 6.92 Å². The molecule has 0 aliphatic rings. The molecular formula is C12H19BrN2O2S. The molecule has 0 saturated heterocycles. The smallest absolute Gasteiger partial charge is 0.306 e. The van der Waals surface area contributed by atoms with Crippen molar-refractivity contribution in [2.45, 2.75) is 44.7 Å². The third-order valence-corrected chi connectivity index (χ3v) is 4.85. The summed E-state index contributed by atoms with van der Waals surface area (Å²) in [4.78, 5) is 11.2. The number of methoxy groups -OCH3 is 1. The molecule has 0 fully saturated rings. The second-order valence-electron chi connectivity index (χ2n) is 4.06. The number of carbonyl (C=O) groups excluding carboxylic acids is 1. The number of esters is 1. The normalized spacial score (nSPS) is 12.5. The van der Waals surface area contributed by atoms with Crippen molar-refractivity contribution in [3.8, 4) is 0 Å². The molecule has 4 nitrogen and oxygen atoms in total. The Bertz CT molecular complexity index is 420. The van der Waals surface area contributed by atoms with Crippen LogP contribution in [0.1, 0.15) is 31.7 Å². The van der Waals surface area contributed by atoms with Crippen molar-refractivity contribution in [2.24, 2.45) is 0 Å². The van der Waals surface area contributed by atoms with E-state index in [9.17, 15) is 4.79 Å². The van der Waals surface area contributed by atoms with Gasteiger partial charge < -0.3 is 4.74 Å². The highest BCUT2D eigenvalue weighted by atomic mass is 79.9. The number of nitrogens with zero attached hydrogens (tertiary/aromatic N) is 2. The van der Waals surface area contributed by atoms with Gasteiger partial charge in [0.15, 0.2) is 0 Å². The fourth-order valence-electron chi connectivity index (χ4n) is 1.61. The Kier molecular flexibility index (Phi) is 6.21. The van der Waals surface area contributed by atoms with E-state index in [1.54, 1.807) is 11.8 Å². The van der Waals surface area contributed by atoms with E-state index in [0.717, 1.165) is 22.5 Å². The highest BCUT2D eigenvalue weighted by molar-refractivity contribution is 9.10. The van der Waals surface area contributed by atoms with Gasteiger partial charge in [-0.15, -0.1) is 0 Å². The monoisotopic (exact) mass is 334 g/mol. The summed E-state index contributed by atoms with van der Waals surface area (Å²) in [7, 11) is 1.42. The van der Waals surface area contributed by atoms with Gasteiger partial charge in [-0.2, -0.15) is 16.9 Å². The summed E-state index contributed by atoms with van der Waals surface area (Å²) < 4.78 is 7.74. The van der Waals surface area contributed by atoms with Crippen molar-refractivity contribution in [3.63, 3.8) is 0 Å². The summed E-state index contributed by atoms with van der Waals surface area (Å²) in [6, 6.07) is 0. The highest BCUT2D eigenvalue weighted by Crippen LogP contribution is 2.27. The summed E-state index contributed by atoms with van der Waals surface area (Å²) in [5.74, 6) is 0.683. The summed E-state index contributed by atoms with van der Waals surface area (Å²) >= 11 is 5.31. The molecular weight excluding hydrogens is 316 g/mol. The molecule has 1 rings (SSSR count). The van der Waals surface area contributed by atoms with Crippen molar-refractivity contribution < 1.29 is 9.53 Å². The lowest BCUT2D eigenvalue weighted by Crippen LogP contribution is -2.10. The van der Waals surface area contributed by atoms with E-state index in [-0.39, 0.29) is 11.2 Å². The minimum atomic E-state index is -0.158. The van der Waals surface area contributed by atoms with Crippen molar-refractivity contribution in [1.82, 2.24) is 9.78 Å². The van der Waals surface area contributed by atoms with E-state index < -0.39 is 0 Å². The van der Waals surface area contributed by atoms with E-state index in [0.29, 0.717) is 6.42 Å². The van der Waals surface area contributed by atoms with E-state index in [1.807, 2.05) is 18.5 Å².